The van der Waals surface area contributed by atoms with Crippen molar-refractivity contribution in [1.82, 2.24) is 10.2 Å². The van der Waals surface area contributed by atoms with E-state index < -0.39 is 17.7 Å². The van der Waals surface area contributed by atoms with Gasteiger partial charge in [0.05, 0.1) is 6.54 Å². The average Bonchev–Trinajstić information content (AvgIpc) is 3.25. The van der Waals surface area contributed by atoms with Crippen LogP contribution in [0.3, 0.4) is 0 Å². The summed E-state index contributed by atoms with van der Waals surface area (Å²) in [6.07, 6.45) is 2.20. The van der Waals surface area contributed by atoms with Crippen molar-refractivity contribution in [2.24, 2.45) is 0 Å². The second-order valence-corrected chi connectivity index (χ2v) is 8.09. The van der Waals surface area contributed by atoms with Gasteiger partial charge in [-0.1, -0.05) is 30.3 Å². The number of carbonyl (C=O) groups excluding carboxylic acids is 2. The molecule has 0 aromatic heterocycles. The van der Waals surface area contributed by atoms with Crippen LogP contribution in [0.1, 0.15) is 35.6 Å². The van der Waals surface area contributed by atoms with Gasteiger partial charge in [0.25, 0.3) is 5.91 Å². The molecule has 0 bridgehead atoms. The number of hydrogen-bond acceptors (Lipinski definition) is 4. The summed E-state index contributed by atoms with van der Waals surface area (Å²) in [5, 5.41) is 13.2. The van der Waals surface area contributed by atoms with E-state index in [1.54, 1.807) is 13.0 Å². The maximum absolute atomic E-state index is 13.1. The molecule has 3 amide bonds. The Hall–Kier alpha value is -2.86. The van der Waals surface area contributed by atoms with Gasteiger partial charge in [-0.15, -0.1) is 0 Å². The predicted molar refractivity (Wildman–Crippen MR) is 109 cm³/mol. The molecular formula is C23H26N2O4. The molecule has 0 unspecified atom stereocenters. The minimum absolute atomic E-state index is 0.00390. The van der Waals surface area contributed by atoms with Crippen molar-refractivity contribution in [3.8, 4) is 5.75 Å². The van der Waals surface area contributed by atoms with Crippen LogP contribution in [0.2, 0.25) is 0 Å². The van der Waals surface area contributed by atoms with E-state index in [1.807, 2.05) is 37.3 Å². The van der Waals surface area contributed by atoms with Crippen LogP contribution in [0, 0.1) is 6.92 Å². The maximum atomic E-state index is 13.1. The third-order valence-electron chi connectivity index (χ3n) is 5.78. The summed E-state index contributed by atoms with van der Waals surface area (Å²) >= 11 is 0. The van der Waals surface area contributed by atoms with Gasteiger partial charge >= 0.3 is 6.03 Å². The highest BCUT2D eigenvalue weighted by molar-refractivity contribution is 6.07. The highest BCUT2D eigenvalue weighted by atomic mass is 16.5. The SMILES string of the molecule is Cc1cccc(OC[C@@H](O)CN2C(=O)N[C@](C)(c3ccc4c(c3)CCC4)C2=O)c1. The zero-order valence-corrected chi connectivity index (χ0v) is 16.8. The minimum atomic E-state index is -1.12. The number of nitrogens with one attached hydrogen (secondary N) is 1. The summed E-state index contributed by atoms with van der Waals surface area (Å²) in [7, 11) is 0. The molecule has 6 nitrogen and oxygen atoms in total. The highest BCUT2D eigenvalue weighted by Gasteiger charge is 2.49. The van der Waals surface area contributed by atoms with Crippen molar-refractivity contribution in [3.63, 3.8) is 0 Å². The first-order valence-electron chi connectivity index (χ1n) is 10.0. The van der Waals surface area contributed by atoms with Crippen molar-refractivity contribution in [1.29, 1.82) is 0 Å². The number of aliphatic hydroxyl groups excluding tert-OH is 1. The zero-order valence-electron chi connectivity index (χ0n) is 16.8. The van der Waals surface area contributed by atoms with E-state index in [4.69, 9.17) is 4.74 Å². The molecule has 29 heavy (non-hydrogen) atoms. The van der Waals surface area contributed by atoms with Gasteiger partial charge in [-0.2, -0.15) is 0 Å². The Balaban J connectivity index is 1.43. The number of benzene rings is 2. The number of ether oxygens (including phenoxy) is 1. The molecular weight excluding hydrogens is 368 g/mol. The lowest BCUT2D eigenvalue weighted by atomic mass is 9.89. The van der Waals surface area contributed by atoms with Gasteiger partial charge in [-0.25, -0.2) is 4.79 Å². The number of rotatable bonds is 6. The Kier molecular flexibility index (Phi) is 5.04. The number of amides is 3. The van der Waals surface area contributed by atoms with Gasteiger partial charge in [-0.3, -0.25) is 9.69 Å². The van der Waals surface area contributed by atoms with E-state index in [1.165, 1.54) is 11.1 Å². The van der Waals surface area contributed by atoms with Crippen molar-refractivity contribution < 1.29 is 19.4 Å². The summed E-state index contributed by atoms with van der Waals surface area (Å²) in [5.41, 5.74) is 3.28. The lowest BCUT2D eigenvalue weighted by molar-refractivity contribution is -0.132. The zero-order chi connectivity index (χ0) is 20.6. The van der Waals surface area contributed by atoms with Gasteiger partial charge in [0.2, 0.25) is 0 Å². The normalized spacial score (nSPS) is 21.8. The number of carbonyl (C=O) groups is 2. The smallest absolute Gasteiger partial charge is 0.325 e. The predicted octanol–water partition coefficient (Wildman–Crippen LogP) is 2.69. The van der Waals surface area contributed by atoms with E-state index >= 15 is 0 Å². The van der Waals surface area contributed by atoms with Gasteiger partial charge in [0.1, 0.15) is 24.0 Å². The van der Waals surface area contributed by atoms with Crippen molar-refractivity contribution in [2.45, 2.75) is 44.8 Å². The Labute approximate surface area is 170 Å². The van der Waals surface area contributed by atoms with Crippen molar-refractivity contribution in [2.75, 3.05) is 13.2 Å². The standard InChI is InChI=1S/C23H26N2O4/c1-15-5-3-8-20(11-15)29-14-19(26)13-25-21(27)23(2,24-22(25)28)18-10-9-16-6-4-7-17(16)12-18/h3,5,8-12,19,26H,4,6-7,13-14H2,1-2H3,(H,24,28)/t19-,23+/m0/s1. The van der Waals surface area contributed by atoms with Crippen LogP contribution in [-0.4, -0.2) is 41.2 Å². The molecule has 0 spiro atoms. The number of urea groups is 1. The molecule has 2 N–H and O–H groups in total. The third kappa shape index (κ3) is 3.72. The second-order valence-electron chi connectivity index (χ2n) is 8.09. The Bertz CT molecular complexity index is 958. The molecule has 2 aromatic rings. The molecule has 152 valence electrons. The molecule has 1 heterocycles. The van der Waals surface area contributed by atoms with E-state index in [0.29, 0.717) is 5.75 Å². The lowest BCUT2D eigenvalue weighted by Gasteiger charge is -2.24. The van der Waals surface area contributed by atoms with Crippen molar-refractivity contribution >= 4 is 11.9 Å². The fraction of sp³-hybridized carbons (Fsp3) is 0.391. The van der Waals surface area contributed by atoms with E-state index in [9.17, 15) is 14.7 Å². The summed E-state index contributed by atoms with van der Waals surface area (Å²) in [6, 6.07) is 13.0. The third-order valence-corrected chi connectivity index (χ3v) is 5.78. The summed E-state index contributed by atoms with van der Waals surface area (Å²) in [6.45, 7) is 3.56. The molecule has 1 saturated heterocycles. The van der Waals surface area contributed by atoms with Crippen LogP contribution in [-0.2, 0) is 23.2 Å². The number of β-amino-alcohol motifs (C(OH)–C–C–N with tert-alkyl or cyclic N) is 1. The molecule has 2 atom stereocenters. The van der Waals surface area contributed by atoms with Crippen LogP contribution in [0.4, 0.5) is 4.79 Å². The van der Waals surface area contributed by atoms with E-state index in [2.05, 4.69) is 11.4 Å². The lowest BCUT2D eigenvalue weighted by Crippen LogP contribution is -2.42. The Morgan fingerprint density at radius 3 is 2.76 bits per heavy atom. The Morgan fingerprint density at radius 2 is 1.97 bits per heavy atom. The number of nitrogens with zero attached hydrogens (tertiary/aromatic N) is 1. The first kappa shape index (κ1) is 19.5. The molecule has 4 rings (SSSR count). The molecule has 1 aliphatic heterocycles. The largest absolute Gasteiger partial charge is 0.491 e. The molecule has 2 aliphatic rings. The van der Waals surface area contributed by atoms with Gasteiger partial charge in [0.15, 0.2) is 0 Å². The van der Waals surface area contributed by atoms with Crippen LogP contribution in [0.25, 0.3) is 0 Å². The number of aryl methyl sites for hydroxylation is 3. The molecule has 1 aliphatic carbocycles. The van der Waals surface area contributed by atoms with E-state index in [-0.39, 0.29) is 19.1 Å². The topological polar surface area (TPSA) is 78.9 Å². The number of aliphatic hydroxyl groups is 1. The number of imide groups is 1. The first-order chi connectivity index (χ1) is 13.9. The van der Waals surface area contributed by atoms with E-state index in [0.717, 1.165) is 35.3 Å². The molecule has 2 aromatic carbocycles. The first-order valence-corrected chi connectivity index (χ1v) is 10.0. The summed E-state index contributed by atoms with van der Waals surface area (Å²) in [5.74, 6) is 0.291. The highest BCUT2D eigenvalue weighted by Crippen LogP contribution is 2.32. The Morgan fingerprint density at radius 1 is 1.17 bits per heavy atom. The average molecular weight is 394 g/mol. The van der Waals surface area contributed by atoms with Gasteiger partial charge in [0, 0.05) is 0 Å². The maximum Gasteiger partial charge on any atom is 0.325 e. The molecule has 0 saturated carbocycles. The van der Waals surface area contributed by atoms with Gasteiger partial charge in [-0.05, 0) is 67.5 Å². The van der Waals surface area contributed by atoms with Crippen LogP contribution in [0.5, 0.6) is 5.75 Å². The quantitative estimate of drug-likeness (QED) is 0.739. The summed E-state index contributed by atoms with van der Waals surface area (Å²) in [4.78, 5) is 26.7. The summed E-state index contributed by atoms with van der Waals surface area (Å²) < 4.78 is 5.60. The molecule has 6 heteroatoms. The van der Waals surface area contributed by atoms with Gasteiger partial charge < -0.3 is 15.2 Å². The number of hydrogen-bond donors (Lipinski definition) is 2. The minimum Gasteiger partial charge on any atom is -0.491 e. The molecule has 0 radical (unpaired) electrons. The van der Waals surface area contributed by atoms with Crippen LogP contribution >= 0.6 is 0 Å². The van der Waals surface area contributed by atoms with Crippen molar-refractivity contribution in [3.05, 3.63) is 64.7 Å². The second kappa shape index (κ2) is 7.52. The van der Waals surface area contributed by atoms with Crippen LogP contribution in [0.15, 0.2) is 42.5 Å². The van der Waals surface area contributed by atoms with Crippen LogP contribution < -0.4 is 10.1 Å². The fourth-order valence-corrected chi connectivity index (χ4v) is 4.10. The molecule has 1 fully saturated rings. The fourth-order valence-electron chi connectivity index (χ4n) is 4.10. The number of fused-ring (bicyclic) bond motifs is 1. The monoisotopic (exact) mass is 394 g/mol.